The molecule has 0 spiro atoms. The van der Waals surface area contributed by atoms with E-state index in [0.29, 0.717) is 21.1 Å². The fourth-order valence-electron chi connectivity index (χ4n) is 3.28. The fraction of sp³-hybridized carbons (Fsp3) is 0.409. The summed E-state index contributed by atoms with van der Waals surface area (Å²) in [4.78, 5) is 38.3. The van der Waals surface area contributed by atoms with Crippen molar-refractivity contribution >= 4 is 39.8 Å². The van der Waals surface area contributed by atoms with Gasteiger partial charge in [-0.3, -0.25) is 9.59 Å². The molecule has 2 N–H and O–H groups in total. The van der Waals surface area contributed by atoms with Crippen LogP contribution in [0.5, 0.6) is 0 Å². The molecule has 1 aliphatic rings. The fourth-order valence-corrected chi connectivity index (χ4v) is 4.38. The third-order valence-corrected chi connectivity index (χ3v) is 6.38. The molecule has 1 heterocycles. The number of aryl methyl sites for hydroxylation is 2. The number of ether oxygens (including phenoxy) is 1. The molecular weight excluding hydrogens is 388 g/mol. The van der Waals surface area contributed by atoms with E-state index in [1.54, 1.807) is 13.8 Å². The zero-order valence-electron chi connectivity index (χ0n) is 17.2. The van der Waals surface area contributed by atoms with Crippen LogP contribution in [0.15, 0.2) is 18.2 Å². The lowest BCUT2D eigenvalue weighted by Gasteiger charge is -2.23. The number of nitrogens with one attached hydrogen (secondary N) is 2. The van der Waals surface area contributed by atoms with Gasteiger partial charge >= 0.3 is 5.97 Å². The van der Waals surface area contributed by atoms with E-state index in [1.165, 1.54) is 0 Å². The zero-order valence-corrected chi connectivity index (χ0v) is 18.0. The van der Waals surface area contributed by atoms with E-state index in [0.717, 1.165) is 41.7 Å². The Labute approximate surface area is 174 Å². The lowest BCUT2D eigenvalue weighted by molar-refractivity contribution is -0.122. The van der Waals surface area contributed by atoms with Crippen LogP contribution in [0, 0.1) is 26.7 Å². The summed E-state index contributed by atoms with van der Waals surface area (Å²) in [6.45, 7) is 7.57. The van der Waals surface area contributed by atoms with Crippen LogP contribution >= 0.6 is 11.3 Å². The number of esters is 1. The van der Waals surface area contributed by atoms with Gasteiger partial charge in [0.15, 0.2) is 0 Å². The van der Waals surface area contributed by atoms with Crippen LogP contribution in [-0.4, -0.2) is 24.4 Å². The van der Waals surface area contributed by atoms with Crippen molar-refractivity contribution in [3.8, 4) is 0 Å². The highest BCUT2D eigenvalue weighted by Gasteiger charge is 2.30. The maximum absolute atomic E-state index is 12.9. The van der Waals surface area contributed by atoms with E-state index >= 15 is 0 Å². The normalized spacial score (nSPS) is 13.5. The van der Waals surface area contributed by atoms with Crippen LogP contribution in [0.3, 0.4) is 0 Å². The van der Waals surface area contributed by atoms with Gasteiger partial charge in [-0.1, -0.05) is 24.1 Å². The molecule has 6 nitrogen and oxygen atoms in total. The van der Waals surface area contributed by atoms with Crippen LogP contribution < -0.4 is 10.6 Å². The molecule has 0 saturated heterocycles. The van der Waals surface area contributed by atoms with E-state index in [2.05, 4.69) is 10.6 Å². The van der Waals surface area contributed by atoms with Crippen LogP contribution in [0.1, 0.15) is 62.9 Å². The predicted octanol–water partition coefficient (Wildman–Crippen LogP) is 4.84. The second kappa shape index (κ2) is 8.78. The van der Waals surface area contributed by atoms with Gasteiger partial charge in [-0.25, -0.2) is 4.79 Å². The Morgan fingerprint density at radius 3 is 2.45 bits per heavy atom. The molecule has 0 aliphatic heterocycles. The van der Waals surface area contributed by atoms with Crippen molar-refractivity contribution in [1.82, 2.24) is 0 Å². The molecule has 1 fully saturated rings. The lowest BCUT2D eigenvalue weighted by Crippen LogP contribution is -2.28. The predicted molar refractivity (Wildman–Crippen MR) is 115 cm³/mol. The molecule has 1 aliphatic carbocycles. The summed E-state index contributed by atoms with van der Waals surface area (Å²) in [7, 11) is 0. The average Bonchev–Trinajstić information content (AvgIpc) is 2.92. The van der Waals surface area contributed by atoms with Gasteiger partial charge in [0.25, 0.3) is 5.91 Å². The van der Waals surface area contributed by atoms with Gasteiger partial charge in [-0.15, -0.1) is 11.3 Å². The summed E-state index contributed by atoms with van der Waals surface area (Å²) < 4.78 is 5.16. The second-order valence-corrected chi connectivity index (χ2v) is 8.39. The maximum Gasteiger partial charge on any atom is 0.341 e. The number of carbonyl (C=O) groups is 3. The van der Waals surface area contributed by atoms with Gasteiger partial charge in [-0.2, -0.15) is 0 Å². The molecule has 1 saturated carbocycles. The first kappa shape index (κ1) is 21.0. The first-order valence-electron chi connectivity index (χ1n) is 9.81. The number of thiophene rings is 1. The first-order chi connectivity index (χ1) is 13.8. The van der Waals surface area contributed by atoms with Gasteiger partial charge in [0.05, 0.1) is 17.0 Å². The molecule has 154 valence electrons. The summed E-state index contributed by atoms with van der Waals surface area (Å²) in [6, 6.07) is 5.78. The van der Waals surface area contributed by atoms with Crippen molar-refractivity contribution in [3.05, 3.63) is 45.3 Å². The van der Waals surface area contributed by atoms with Gasteiger partial charge < -0.3 is 15.4 Å². The van der Waals surface area contributed by atoms with Gasteiger partial charge in [0.2, 0.25) is 5.91 Å². The smallest absolute Gasteiger partial charge is 0.341 e. The molecule has 7 heteroatoms. The van der Waals surface area contributed by atoms with E-state index in [-0.39, 0.29) is 29.9 Å². The molecular formula is C22H26N2O4S. The molecule has 29 heavy (non-hydrogen) atoms. The highest BCUT2D eigenvalue weighted by atomic mass is 32.1. The van der Waals surface area contributed by atoms with Crippen LogP contribution in [0.2, 0.25) is 0 Å². The molecule has 0 atom stereocenters. The Balaban J connectivity index is 1.90. The van der Waals surface area contributed by atoms with Crippen molar-refractivity contribution in [2.45, 2.75) is 47.0 Å². The molecule has 0 radical (unpaired) electrons. The number of hydrogen-bond acceptors (Lipinski definition) is 5. The van der Waals surface area contributed by atoms with Crippen molar-refractivity contribution in [2.75, 3.05) is 17.2 Å². The Hall–Kier alpha value is -2.67. The highest BCUT2D eigenvalue weighted by molar-refractivity contribution is 7.19. The van der Waals surface area contributed by atoms with Gasteiger partial charge in [0.1, 0.15) is 5.00 Å². The Kier molecular flexibility index (Phi) is 6.37. The second-order valence-electron chi connectivity index (χ2n) is 7.37. The Bertz CT molecular complexity index is 960. The summed E-state index contributed by atoms with van der Waals surface area (Å²) >= 11 is 1.11. The number of anilines is 2. The third-order valence-electron chi connectivity index (χ3n) is 5.18. The minimum Gasteiger partial charge on any atom is -0.462 e. The molecule has 0 unspecified atom stereocenters. The van der Waals surface area contributed by atoms with E-state index in [9.17, 15) is 14.4 Å². The SMILES string of the molecule is CCOC(=O)c1c(NC(=O)C2CCC2)sc(C(=O)Nc2ccc(C)cc2C)c1C. The molecule has 0 bridgehead atoms. The minimum absolute atomic E-state index is 0.0278. The summed E-state index contributed by atoms with van der Waals surface area (Å²) in [5, 5.41) is 6.14. The first-order valence-corrected chi connectivity index (χ1v) is 10.6. The van der Waals surface area contributed by atoms with Gasteiger partial charge in [0, 0.05) is 11.6 Å². The van der Waals surface area contributed by atoms with E-state index in [1.807, 2.05) is 32.0 Å². The van der Waals surface area contributed by atoms with Crippen molar-refractivity contribution < 1.29 is 19.1 Å². The van der Waals surface area contributed by atoms with E-state index < -0.39 is 5.97 Å². The summed E-state index contributed by atoms with van der Waals surface area (Å²) in [5.41, 5.74) is 3.55. The largest absolute Gasteiger partial charge is 0.462 e. The molecule has 2 aromatic rings. The maximum atomic E-state index is 12.9. The van der Waals surface area contributed by atoms with Crippen molar-refractivity contribution in [3.63, 3.8) is 0 Å². The minimum atomic E-state index is -0.532. The number of rotatable bonds is 6. The summed E-state index contributed by atoms with van der Waals surface area (Å²) in [5.74, 6) is -0.978. The average molecular weight is 415 g/mol. The van der Waals surface area contributed by atoms with Crippen LogP contribution in [0.4, 0.5) is 10.7 Å². The Morgan fingerprint density at radius 2 is 1.86 bits per heavy atom. The Morgan fingerprint density at radius 1 is 1.14 bits per heavy atom. The number of carbonyl (C=O) groups excluding carboxylic acids is 3. The monoisotopic (exact) mass is 414 g/mol. The van der Waals surface area contributed by atoms with Crippen LogP contribution in [-0.2, 0) is 9.53 Å². The third kappa shape index (κ3) is 4.50. The van der Waals surface area contributed by atoms with Gasteiger partial charge in [-0.05, 0) is 57.7 Å². The molecule has 1 aromatic heterocycles. The molecule has 1 aromatic carbocycles. The molecule has 2 amide bonds. The topological polar surface area (TPSA) is 84.5 Å². The van der Waals surface area contributed by atoms with E-state index in [4.69, 9.17) is 4.74 Å². The highest BCUT2D eigenvalue weighted by Crippen LogP contribution is 2.36. The standard InChI is InChI=1S/C22H26N2O4S/c1-5-28-22(27)17-14(4)18(29-21(17)24-19(25)15-7-6-8-15)20(26)23-16-10-9-12(2)11-13(16)3/h9-11,15H,5-8H2,1-4H3,(H,23,26)(H,24,25). The zero-order chi connectivity index (χ0) is 21.1. The van der Waals surface area contributed by atoms with Crippen molar-refractivity contribution in [2.24, 2.45) is 5.92 Å². The molecule has 3 rings (SSSR count). The lowest BCUT2D eigenvalue weighted by atomic mass is 9.85. The summed E-state index contributed by atoms with van der Waals surface area (Å²) in [6.07, 6.45) is 2.74. The van der Waals surface area contributed by atoms with Crippen molar-refractivity contribution in [1.29, 1.82) is 0 Å². The number of hydrogen-bond donors (Lipinski definition) is 2. The quantitative estimate of drug-likeness (QED) is 0.663. The van der Waals surface area contributed by atoms with Crippen LogP contribution in [0.25, 0.3) is 0 Å². The number of amides is 2. The number of benzene rings is 1.